The van der Waals surface area contributed by atoms with Crippen LogP contribution in [0.2, 0.25) is 0 Å². The van der Waals surface area contributed by atoms with E-state index in [1.165, 1.54) is 0 Å². The zero-order chi connectivity index (χ0) is 14.3. The van der Waals surface area contributed by atoms with Crippen LogP contribution in [0.15, 0.2) is 24.3 Å². The number of rotatable bonds is 7. The van der Waals surface area contributed by atoms with Crippen molar-refractivity contribution in [2.24, 2.45) is 0 Å². The maximum atomic E-state index is 11.7. The predicted octanol–water partition coefficient (Wildman–Crippen LogP) is 2.42. The Morgan fingerprint density at radius 2 is 1.95 bits per heavy atom. The molecule has 0 fully saturated rings. The molecule has 0 radical (unpaired) electrons. The summed E-state index contributed by atoms with van der Waals surface area (Å²) in [5.41, 5.74) is 0.692. The van der Waals surface area contributed by atoms with Gasteiger partial charge in [0.15, 0.2) is 6.61 Å². The average Bonchev–Trinajstić information content (AvgIpc) is 2.42. The van der Waals surface area contributed by atoms with Crippen LogP contribution in [-0.2, 0) is 4.79 Å². The van der Waals surface area contributed by atoms with Crippen LogP contribution in [0.1, 0.15) is 45.3 Å². The van der Waals surface area contributed by atoms with E-state index in [1.807, 2.05) is 26.0 Å². The SMILES string of the molecule is CCC(CC)NC(=O)COc1ccccc1C(C)O. The van der Waals surface area contributed by atoms with E-state index in [4.69, 9.17) is 4.74 Å². The van der Waals surface area contributed by atoms with E-state index in [0.717, 1.165) is 12.8 Å². The maximum Gasteiger partial charge on any atom is 0.258 e. The zero-order valence-electron chi connectivity index (χ0n) is 11.8. The topological polar surface area (TPSA) is 58.6 Å². The van der Waals surface area contributed by atoms with E-state index in [-0.39, 0.29) is 18.6 Å². The van der Waals surface area contributed by atoms with Gasteiger partial charge in [0.05, 0.1) is 6.10 Å². The van der Waals surface area contributed by atoms with Gasteiger partial charge >= 0.3 is 0 Å². The van der Waals surface area contributed by atoms with E-state index < -0.39 is 6.10 Å². The molecular formula is C15H23NO3. The first kappa shape index (κ1) is 15.5. The fraction of sp³-hybridized carbons (Fsp3) is 0.533. The number of benzene rings is 1. The highest BCUT2D eigenvalue weighted by Gasteiger charge is 2.12. The van der Waals surface area contributed by atoms with E-state index in [2.05, 4.69) is 5.32 Å². The number of amides is 1. The highest BCUT2D eigenvalue weighted by molar-refractivity contribution is 5.77. The standard InChI is InChI=1S/C15H23NO3/c1-4-12(5-2)16-15(18)10-19-14-9-7-6-8-13(14)11(3)17/h6-9,11-12,17H,4-5,10H2,1-3H3,(H,16,18). The summed E-state index contributed by atoms with van der Waals surface area (Å²) in [4.78, 5) is 11.7. The second-order valence-electron chi connectivity index (χ2n) is 4.58. The number of aliphatic hydroxyl groups excluding tert-OH is 1. The summed E-state index contributed by atoms with van der Waals surface area (Å²) >= 11 is 0. The maximum absolute atomic E-state index is 11.7. The van der Waals surface area contributed by atoms with E-state index >= 15 is 0 Å². The van der Waals surface area contributed by atoms with Crippen molar-refractivity contribution in [3.8, 4) is 5.75 Å². The van der Waals surface area contributed by atoms with E-state index in [1.54, 1.807) is 19.1 Å². The molecule has 1 unspecified atom stereocenters. The number of hydrogen-bond acceptors (Lipinski definition) is 3. The monoisotopic (exact) mass is 265 g/mol. The minimum absolute atomic E-state index is 0.0275. The van der Waals surface area contributed by atoms with Crippen molar-refractivity contribution in [2.45, 2.75) is 45.8 Å². The van der Waals surface area contributed by atoms with Gasteiger partial charge in [0.25, 0.3) is 5.91 Å². The van der Waals surface area contributed by atoms with Crippen molar-refractivity contribution in [3.63, 3.8) is 0 Å². The first-order valence-corrected chi connectivity index (χ1v) is 6.77. The Labute approximate surface area is 114 Å². The summed E-state index contributed by atoms with van der Waals surface area (Å²) in [6.07, 6.45) is 1.21. The second-order valence-corrected chi connectivity index (χ2v) is 4.58. The molecule has 0 heterocycles. The summed E-state index contributed by atoms with van der Waals surface area (Å²) in [7, 11) is 0. The number of aliphatic hydroxyl groups is 1. The highest BCUT2D eigenvalue weighted by atomic mass is 16.5. The van der Waals surface area contributed by atoms with Crippen LogP contribution in [0.4, 0.5) is 0 Å². The van der Waals surface area contributed by atoms with Crippen LogP contribution < -0.4 is 10.1 Å². The Hall–Kier alpha value is -1.55. The van der Waals surface area contributed by atoms with Crippen molar-refractivity contribution < 1.29 is 14.6 Å². The quantitative estimate of drug-likeness (QED) is 0.796. The third-order valence-electron chi connectivity index (χ3n) is 3.08. The molecule has 1 amide bonds. The first-order valence-electron chi connectivity index (χ1n) is 6.77. The van der Waals surface area contributed by atoms with Gasteiger partial charge in [-0.15, -0.1) is 0 Å². The molecule has 2 N–H and O–H groups in total. The van der Waals surface area contributed by atoms with Gasteiger partial charge in [-0.05, 0) is 25.8 Å². The van der Waals surface area contributed by atoms with Gasteiger partial charge in [-0.1, -0.05) is 32.0 Å². The van der Waals surface area contributed by atoms with Gasteiger partial charge in [0.2, 0.25) is 0 Å². The fourth-order valence-corrected chi connectivity index (χ4v) is 1.86. The molecule has 0 aromatic heterocycles. The molecule has 1 aromatic carbocycles. The second kappa shape index (κ2) is 7.79. The van der Waals surface area contributed by atoms with Crippen molar-refractivity contribution in [2.75, 3.05) is 6.61 Å². The van der Waals surface area contributed by atoms with Crippen LogP contribution in [0.3, 0.4) is 0 Å². The van der Waals surface area contributed by atoms with Gasteiger partial charge in [0.1, 0.15) is 5.75 Å². The lowest BCUT2D eigenvalue weighted by Crippen LogP contribution is -2.37. The smallest absolute Gasteiger partial charge is 0.258 e. The summed E-state index contributed by atoms with van der Waals surface area (Å²) < 4.78 is 5.48. The third kappa shape index (κ3) is 4.91. The van der Waals surface area contributed by atoms with Crippen LogP contribution in [0, 0.1) is 0 Å². The van der Waals surface area contributed by atoms with Gasteiger partial charge < -0.3 is 15.2 Å². The zero-order valence-corrected chi connectivity index (χ0v) is 11.8. The lowest BCUT2D eigenvalue weighted by molar-refractivity contribution is -0.123. The molecule has 106 valence electrons. The summed E-state index contributed by atoms with van der Waals surface area (Å²) in [5, 5.41) is 12.5. The Kier molecular flexibility index (Phi) is 6.36. The van der Waals surface area contributed by atoms with Gasteiger partial charge in [-0.2, -0.15) is 0 Å². The number of hydrogen-bond donors (Lipinski definition) is 2. The van der Waals surface area contributed by atoms with Crippen molar-refractivity contribution in [1.82, 2.24) is 5.32 Å². The van der Waals surface area contributed by atoms with Crippen molar-refractivity contribution >= 4 is 5.91 Å². The minimum Gasteiger partial charge on any atom is -0.483 e. The lowest BCUT2D eigenvalue weighted by Gasteiger charge is -2.16. The average molecular weight is 265 g/mol. The Bertz CT molecular complexity index is 400. The van der Waals surface area contributed by atoms with Gasteiger partial charge in [-0.25, -0.2) is 0 Å². The molecule has 4 nitrogen and oxygen atoms in total. The number of ether oxygens (including phenoxy) is 1. The molecule has 0 aliphatic rings. The molecular weight excluding hydrogens is 242 g/mol. The molecule has 0 aliphatic carbocycles. The Balaban J connectivity index is 2.55. The molecule has 19 heavy (non-hydrogen) atoms. The molecule has 1 aromatic rings. The summed E-state index contributed by atoms with van der Waals surface area (Å²) in [6, 6.07) is 7.40. The predicted molar refractivity (Wildman–Crippen MR) is 75.1 cm³/mol. The Morgan fingerprint density at radius 3 is 2.53 bits per heavy atom. The van der Waals surface area contributed by atoms with Gasteiger partial charge in [0, 0.05) is 11.6 Å². The molecule has 1 atom stereocenters. The van der Waals surface area contributed by atoms with Crippen LogP contribution in [0.5, 0.6) is 5.75 Å². The molecule has 0 saturated heterocycles. The van der Waals surface area contributed by atoms with Crippen molar-refractivity contribution in [1.29, 1.82) is 0 Å². The number of carbonyl (C=O) groups is 1. The number of carbonyl (C=O) groups excluding carboxylic acids is 1. The number of nitrogens with one attached hydrogen (secondary N) is 1. The molecule has 0 spiro atoms. The fourth-order valence-electron chi connectivity index (χ4n) is 1.86. The largest absolute Gasteiger partial charge is 0.483 e. The van der Waals surface area contributed by atoms with Crippen molar-refractivity contribution in [3.05, 3.63) is 29.8 Å². The molecule has 0 saturated carbocycles. The van der Waals surface area contributed by atoms with Gasteiger partial charge in [-0.3, -0.25) is 4.79 Å². The number of para-hydroxylation sites is 1. The first-order chi connectivity index (χ1) is 9.08. The molecule has 0 aliphatic heterocycles. The van der Waals surface area contributed by atoms with Crippen LogP contribution >= 0.6 is 0 Å². The van der Waals surface area contributed by atoms with Crippen LogP contribution in [-0.4, -0.2) is 23.7 Å². The lowest BCUT2D eigenvalue weighted by atomic mass is 10.1. The third-order valence-corrected chi connectivity index (χ3v) is 3.08. The normalized spacial score (nSPS) is 12.3. The molecule has 0 bridgehead atoms. The minimum atomic E-state index is -0.613. The van der Waals surface area contributed by atoms with Crippen LogP contribution in [0.25, 0.3) is 0 Å². The summed E-state index contributed by atoms with van der Waals surface area (Å²) in [6.45, 7) is 5.72. The molecule has 1 rings (SSSR count). The summed E-state index contributed by atoms with van der Waals surface area (Å²) in [5.74, 6) is 0.422. The van der Waals surface area contributed by atoms with E-state index in [9.17, 15) is 9.90 Å². The molecule has 4 heteroatoms. The van der Waals surface area contributed by atoms with E-state index in [0.29, 0.717) is 11.3 Å². The Morgan fingerprint density at radius 1 is 1.32 bits per heavy atom. The highest BCUT2D eigenvalue weighted by Crippen LogP contribution is 2.24.